The maximum Gasteiger partial charge on any atom is 0.303 e. The lowest BCUT2D eigenvalue weighted by atomic mass is 10.1. The summed E-state index contributed by atoms with van der Waals surface area (Å²) in [7, 11) is 3.01. The van der Waals surface area contributed by atoms with Crippen LogP contribution in [-0.4, -0.2) is 37.1 Å². The van der Waals surface area contributed by atoms with Gasteiger partial charge in [-0.05, 0) is 30.7 Å². The fourth-order valence-corrected chi connectivity index (χ4v) is 2.50. The van der Waals surface area contributed by atoms with E-state index in [4.69, 9.17) is 14.6 Å². The highest BCUT2D eigenvalue weighted by atomic mass is 16.5. The van der Waals surface area contributed by atoms with Crippen molar-refractivity contribution >= 4 is 29.2 Å². The first-order chi connectivity index (χ1) is 13.4. The van der Waals surface area contributed by atoms with Crippen LogP contribution in [0.15, 0.2) is 42.5 Å². The van der Waals surface area contributed by atoms with Gasteiger partial charge < -0.3 is 25.2 Å². The molecular weight excluding hydrogens is 364 g/mol. The van der Waals surface area contributed by atoms with Gasteiger partial charge in [0.15, 0.2) is 0 Å². The number of rotatable bonds is 9. The summed E-state index contributed by atoms with van der Waals surface area (Å²) in [5.74, 6) is -0.742. The highest BCUT2D eigenvalue weighted by molar-refractivity contribution is 6.10. The van der Waals surface area contributed by atoms with Gasteiger partial charge in [-0.25, -0.2) is 0 Å². The first kappa shape index (κ1) is 20.8. The van der Waals surface area contributed by atoms with E-state index >= 15 is 0 Å². The molecule has 2 aromatic rings. The van der Waals surface area contributed by atoms with Crippen molar-refractivity contribution in [3.05, 3.63) is 48.0 Å². The molecule has 28 heavy (non-hydrogen) atoms. The highest BCUT2D eigenvalue weighted by Crippen LogP contribution is 2.30. The number of carboxylic acid groups (broad SMARTS) is 1. The maximum absolute atomic E-state index is 12.8. The summed E-state index contributed by atoms with van der Waals surface area (Å²) in [6.07, 6.45) is 0.174. The topological polar surface area (TPSA) is 114 Å². The Labute approximate surface area is 162 Å². The predicted octanol–water partition coefficient (Wildman–Crippen LogP) is 3.15. The van der Waals surface area contributed by atoms with Crippen LogP contribution in [0.4, 0.5) is 11.4 Å². The number of para-hydroxylation sites is 1. The molecule has 2 aromatic carbocycles. The zero-order valence-corrected chi connectivity index (χ0v) is 15.7. The van der Waals surface area contributed by atoms with Crippen molar-refractivity contribution in [2.24, 2.45) is 0 Å². The van der Waals surface area contributed by atoms with E-state index in [1.54, 1.807) is 42.5 Å². The molecule has 0 fully saturated rings. The molecule has 0 spiro atoms. The number of carbonyl (C=O) groups excluding carboxylic acids is 2. The molecule has 0 radical (unpaired) electrons. The third kappa shape index (κ3) is 5.73. The normalized spacial score (nSPS) is 10.1. The zero-order chi connectivity index (χ0) is 20.5. The third-order valence-electron chi connectivity index (χ3n) is 3.90. The number of carbonyl (C=O) groups is 3. The Bertz CT molecular complexity index is 866. The van der Waals surface area contributed by atoms with Gasteiger partial charge in [0.25, 0.3) is 5.91 Å². The van der Waals surface area contributed by atoms with E-state index in [0.29, 0.717) is 22.9 Å². The molecule has 3 N–H and O–H groups in total. The Balaban J connectivity index is 2.14. The van der Waals surface area contributed by atoms with Crippen molar-refractivity contribution in [2.75, 3.05) is 24.9 Å². The number of benzene rings is 2. The molecule has 0 aliphatic rings. The zero-order valence-electron chi connectivity index (χ0n) is 15.7. The lowest BCUT2D eigenvalue weighted by Gasteiger charge is -2.14. The monoisotopic (exact) mass is 386 g/mol. The van der Waals surface area contributed by atoms with Crippen LogP contribution in [0.25, 0.3) is 0 Å². The van der Waals surface area contributed by atoms with E-state index in [0.717, 1.165) is 0 Å². The number of amides is 2. The average molecular weight is 386 g/mol. The van der Waals surface area contributed by atoms with Crippen molar-refractivity contribution in [3.8, 4) is 11.5 Å². The summed E-state index contributed by atoms with van der Waals surface area (Å²) in [4.78, 5) is 35.3. The van der Waals surface area contributed by atoms with Gasteiger partial charge in [0.1, 0.15) is 11.5 Å². The number of hydrogen-bond donors (Lipinski definition) is 3. The van der Waals surface area contributed by atoms with Crippen LogP contribution >= 0.6 is 0 Å². The van der Waals surface area contributed by atoms with Gasteiger partial charge in [0.05, 0.1) is 31.2 Å². The predicted molar refractivity (Wildman–Crippen MR) is 104 cm³/mol. The van der Waals surface area contributed by atoms with Crippen LogP contribution in [0, 0.1) is 0 Å². The number of anilines is 2. The van der Waals surface area contributed by atoms with E-state index in [1.807, 2.05) is 0 Å². The summed E-state index contributed by atoms with van der Waals surface area (Å²) in [6, 6.07) is 11.6. The van der Waals surface area contributed by atoms with Crippen LogP contribution in [0.5, 0.6) is 11.5 Å². The standard InChI is InChI=1S/C20H22N2O6/c1-27-13-10-11-17(28-2)16(12-13)22-20(26)14-6-3-4-7-15(14)21-18(23)8-5-9-19(24)25/h3-4,6-7,10-12H,5,8-9H2,1-2H3,(H,21,23)(H,22,26)(H,24,25). The van der Waals surface area contributed by atoms with Crippen molar-refractivity contribution < 1.29 is 29.0 Å². The minimum absolute atomic E-state index is 0.0476. The number of ether oxygens (including phenoxy) is 2. The van der Waals surface area contributed by atoms with E-state index in [9.17, 15) is 14.4 Å². The van der Waals surface area contributed by atoms with Gasteiger partial charge >= 0.3 is 5.97 Å². The summed E-state index contributed by atoms with van der Waals surface area (Å²) in [5.41, 5.74) is 1.02. The van der Waals surface area contributed by atoms with E-state index in [2.05, 4.69) is 10.6 Å². The van der Waals surface area contributed by atoms with Crippen LogP contribution < -0.4 is 20.1 Å². The smallest absolute Gasteiger partial charge is 0.303 e. The summed E-state index contributed by atoms with van der Waals surface area (Å²) in [6.45, 7) is 0. The van der Waals surface area contributed by atoms with Crippen LogP contribution in [-0.2, 0) is 9.59 Å². The van der Waals surface area contributed by atoms with Gasteiger partial charge in [-0.2, -0.15) is 0 Å². The summed E-state index contributed by atoms with van der Waals surface area (Å²) in [5, 5.41) is 14.1. The molecule has 148 valence electrons. The molecule has 2 amide bonds. The SMILES string of the molecule is COc1ccc(OC)c(NC(=O)c2ccccc2NC(=O)CCCC(=O)O)c1. The number of nitrogens with one attached hydrogen (secondary N) is 2. The molecule has 2 rings (SSSR count). The van der Waals surface area contributed by atoms with Gasteiger partial charge in [-0.1, -0.05) is 12.1 Å². The van der Waals surface area contributed by atoms with Gasteiger partial charge in [-0.15, -0.1) is 0 Å². The van der Waals surface area contributed by atoms with Gasteiger partial charge in [-0.3, -0.25) is 14.4 Å². The molecule has 0 aromatic heterocycles. The van der Waals surface area contributed by atoms with Crippen LogP contribution in [0.2, 0.25) is 0 Å². The Kier molecular flexibility index (Phi) is 7.38. The maximum atomic E-state index is 12.8. The lowest BCUT2D eigenvalue weighted by molar-refractivity contribution is -0.137. The quantitative estimate of drug-likeness (QED) is 0.610. The Morgan fingerprint density at radius 3 is 2.36 bits per heavy atom. The fraction of sp³-hybridized carbons (Fsp3) is 0.250. The highest BCUT2D eigenvalue weighted by Gasteiger charge is 2.16. The van der Waals surface area contributed by atoms with Crippen molar-refractivity contribution in [1.29, 1.82) is 0 Å². The Hall–Kier alpha value is -3.55. The first-order valence-corrected chi connectivity index (χ1v) is 8.58. The average Bonchev–Trinajstić information content (AvgIpc) is 2.67. The van der Waals surface area contributed by atoms with Gasteiger partial charge in [0, 0.05) is 18.9 Å². The molecule has 0 heterocycles. The minimum atomic E-state index is -0.959. The van der Waals surface area contributed by atoms with Gasteiger partial charge in [0.2, 0.25) is 5.91 Å². The number of hydrogen-bond acceptors (Lipinski definition) is 5. The molecule has 8 nitrogen and oxygen atoms in total. The second-order valence-corrected chi connectivity index (χ2v) is 5.86. The second kappa shape index (κ2) is 9.96. The molecule has 0 bridgehead atoms. The van der Waals surface area contributed by atoms with Crippen molar-refractivity contribution in [3.63, 3.8) is 0 Å². The van der Waals surface area contributed by atoms with E-state index in [-0.39, 0.29) is 30.7 Å². The molecule has 0 saturated carbocycles. The van der Waals surface area contributed by atoms with E-state index < -0.39 is 11.9 Å². The van der Waals surface area contributed by atoms with Crippen LogP contribution in [0.1, 0.15) is 29.6 Å². The fourth-order valence-electron chi connectivity index (χ4n) is 2.50. The number of methoxy groups -OCH3 is 2. The lowest BCUT2D eigenvalue weighted by Crippen LogP contribution is -2.18. The molecule has 0 aliphatic heterocycles. The van der Waals surface area contributed by atoms with E-state index in [1.165, 1.54) is 14.2 Å². The number of aliphatic carboxylic acids is 1. The molecule has 0 unspecified atom stereocenters. The molecule has 8 heteroatoms. The van der Waals surface area contributed by atoms with Crippen molar-refractivity contribution in [2.45, 2.75) is 19.3 Å². The molecule has 0 saturated heterocycles. The number of carboxylic acids is 1. The Morgan fingerprint density at radius 2 is 1.68 bits per heavy atom. The largest absolute Gasteiger partial charge is 0.497 e. The molecule has 0 atom stereocenters. The first-order valence-electron chi connectivity index (χ1n) is 8.58. The third-order valence-corrected chi connectivity index (χ3v) is 3.90. The molecule has 0 aliphatic carbocycles. The second-order valence-electron chi connectivity index (χ2n) is 5.86. The van der Waals surface area contributed by atoms with Crippen molar-refractivity contribution in [1.82, 2.24) is 0 Å². The Morgan fingerprint density at radius 1 is 0.929 bits per heavy atom. The van der Waals surface area contributed by atoms with Crippen LogP contribution in [0.3, 0.4) is 0 Å². The summed E-state index contributed by atoms with van der Waals surface area (Å²) < 4.78 is 10.4. The minimum Gasteiger partial charge on any atom is -0.497 e. The summed E-state index contributed by atoms with van der Waals surface area (Å²) >= 11 is 0. The molecular formula is C20H22N2O6.